The van der Waals surface area contributed by atoms with Crippen LogP contribution in [0.1, 0.15) is 11.3 Å². The summed E-state index contributed by atoms with van der Waals surface area (Å²) in [4.78, 5) is 6.08. The van der Waals surface area contributed by atoms with Crippen molar-refractivity contribution < 1.29 is 4.39 Å². The molecule has 0 spiro atoms. The van der Waals surface area contributed by atoms with Crippen molar-refractivity contribution in [3.63, 3.8) is 0 Å². The van der Waals surface area contributed by atoms with Crippen molar-refractivity contribution in [3.8, 4) is 0 Å². The van der Waals surface area contributed by atoms with E-state index in [9.17, 15) is 4.39 Å². The van der Waals surface area contributed by atoms with Crippen molar-refractivity contribution in [2.75, 3.05) is 24.4 Å². The van der Waals surface area contributed by atoms with Crippen LogP contribution in [0.25, 0.3) is 0 Å². The van der Waals surface area contributed by atoms with Crippen molar-refractivity contribution >= 4 is 44.3 Å². The molecule has 0 aliphatic carbocycles. The molecule has 1 aromatic heterocycles. The first-order valence-electron chi connectivity index (χ1n) is 5.85. The van der Waals surface area contributed by atoms with E-state index in [2.05, 4.69) is 31.4 Å². The molecule has 0 atom stereocenters. The Labute approximate surface area is 129 Å². The van der Waals surface area contributed by atoms with Gasteiger partial charge in [0.2, 0.25) is 5.13 Å². The maximum Gasteiger partial charge on any atom is 0.203 e. The zero-order valence-corrected chi connectivity index (χ0v) is 13.7. The van der Waals surface area contributed by atoms with Crippen molar-refractivity contribution in [2.45, 2.75) is 6.92 Å². The highest BCUT2D eigenvalue weighted by Gasteiger charge is 2.09. The highest BCUT2D eigenvalue weighted by atomic mass is 79.9. The minimum atomic E-state index is -0.291. The third-order valence-electron chi connectivity index (χ3n) is 2.53. The average Bonchev–Trinajstić information content (AvgIpc) is 2.77. The molecule has 0 bridgehead atoms. The fourth-order valence-corrected chi connectivity index (χ4v) is 2.79. The molecule has 2 aromatic rings. The van der Waals surface area contributed by atoms with Crippen LogP contribution in [0.2, 0.25) is 0 Å². The Morgan fingerprint density at radius 3 is 2.80 bits per heavy atom. The highest BCUT2D eigenvalue weighted by Crippen LogP contribution is 2.27. The topological polar surface area (TPSA) is 40.5 Å². The third kappa shape index (κ3) is 3.55. The van der Waals surface area contributed by atoms with E-state index in [0.29, 0.717) is 4.47 Å². The monoisotopic (exact) mass is 356 g/mol. The summed E-state index contributed by atoms with van der Waals surface area (Å²) in [7, 11) is 3.71. The van der Waals surface area contributed by atoms with Crippen LogP contribution in [0.4, 0.5) is 15.2 Å². The lowest BCUT2D eigenvalue weighted by Crippen LogP contribution is -2.12. The number of benzene rings is 1. The van der Waals surface area contributed by atoms with Gasteiger partial charge in [-0.2, -0.15) is 5.10 Å². The van der Waals surface area contributed by atoms with Crippen LogP contribution >= 0.6 is 27.3 Å². The Morgan fingerprint density at radius 1 is 1.45 bits per heavy atom. The second kappa shape index (κ2) is 6.32. The molecule has 2 rings (SSSR count). The number of nitrogens with zero attached hydrogens (tertiary/aromatic N) is 3. The van der Waals surface area contributed by atoms with Gasteiger partial charge in [-0.05, 0) is 35.0 Å². The van der Waals surface area contributed by atoms with E-state index in [1.807, 2.05) is 31.3 Å². The molecule has 20 heavy (non-hydrogen) atoms. The lowest BCUT2D eigenvalue weighted by Gasteiger charge is -2.16. The van der Waals surface area contributed by atoms with Crippen LogP contribution in [-0.2, 0) is 0 Å². The first-order valence-corrected chi connectivity index (χ1v) is 7.52. The van der Waals surface area contributed by atoms with Crippen molar-refractivity contribution in [2.24, 2.45) is 5.10 Å². The number of hydrogen-bond donors (Lipinski definition) is 1. The standard InChI is InChI=1S/C13H14BrFN4S/c1-8-7-20-13(17-8)18-16-6-10-11(14)4-9(15)5-12(10)19(2)3/h4-7H,1-3H3,(H,17,18). The Kier molecular flexibility index (Phi) is 4.72. The highest BCUT2D eigenvalue weighted by molar-refractivity contribution is 9.10. The van der Waals surface area contributed by atoms with Crippen molar-refractivity contribution in [1.29, 1.82) is 0 Å². The number of rotatable bonds is 4. The molecule has 1 aromatic carbocycles. The van der Waals surface area contributed by atoms with Crippen LogP contribution < -0.4 is 10.3 Å². The summed E-state index contributed by atoms with van der Waals surface area (Å²) < 4.78 is 14.1. The summed E-state index contributed by atoms with van der Waals surface area (Å²) in [6.45, 7) is 1.92. The van der Waals surface area contributed by atoms with Crippen LogP contribution in [0.15, 0.2) is 27.1 Å². The summed E-state index contributed by atoms with van der Waals surface area (Å²) in [5, 5.41) is 6.82. The first kappa shape index (κ1) is 14.9. The smallest absolute Gasteiger partial charge is 0.203 e. The van der Waals surface area contributed by atoms with Gasteiger partial charge in [0.05, 0.1) is 11.9 Å². The second-order valence-electron chi connectivity index (χ2n) is 4.38. The fraction of sp³-hybridized carbons (Fsp3) is 0.231. The predicted octanol–water partition coefficient (Wildman–Crippen LogP) is 3.87. The van der Waals surface area contributed by atoms with Crippen LogP contribution in [-0.4, -0.2) is 25.3 Å². The molecule has 106 valence electrons. The molecule has 0 amide bonds. The molecule has 0 fully saturated rings. The van der Waals surface area contributed by atoms with E-state index in [1.54, 1.807) is 6.21 Å². The quantitative estimate of drug-likeness (QED) is 0.667. The van der Waals surface area contributed by atoms with E-state index < -0.39 is 0 Å². The SMILES string of the molecule is Cc1csc(NN=Cc2c(Br)cc(F)cc2N(C)C)n1. The number of aromatic nitrogens is 1. The molecule has 0 saturated heterocycles. The predicted molar refractivity (Wildman–Crippen MR) is 86.5 cm³/mol. The summed E-state index contributed by atoms with van der Waals surface area (Å²) in [5.74, 6) is -0.291. The molecule has 0 radical (unpaired) electrons. The number of aryl methyl sites for hydroxylation is 1. The van der Waals surface area contributed by atoms with E-state index in [0.717, 1.165) is 22.1 Å². The van der Waals surface area contributed by atoms with E-state index >= 15 is 0 Å². The zero-order chi connectivity index (χ0) is 14.7. The van der Waals surface area contributed by atoms with Crippen LogP contribution in [0.5, 0.6) is 0 Å². The van der Waals surface area contributed by atoms with Gasteiger partial charge in [0.1, 0.15) is 5.82 Å². The molecule has 0 aliphatic rings. The largest absolute Gasteiger partial charge is 0.377 e. The molecule has 1 heterocycles. The van der Waals surface area contributed by atoms with Gasteiger partial charge in [0.15, 0.2) is 0 Å². The van der Waals surface area contributed by atoms with Gasteiger partial charge in [-0.1, -0.05) is 0 Å². The molecule has 7 heteroatoms. The van der Waals surface area contributed by atoms with Crippen LogP contribution in [0, 0.1) is 12.7 Å². The Morgan fingerprint density at radius 2 is 2.20 bits per heavy atom. The number of hydrogen-bond acceptors (Lipinski definition) is 5. The normalized spacial score (nSPS) is 11.1. The van der Waals surface area contributed by atoms with Gasteiger partial charge in [0.25, 0.3) is 0 Å². The summed E-state index contributed by atoms with van der Waals surface area (Å²) in [6, 6.07) is 2.89. The molecule has 1 N–H and O–H groups in total. The van der Waals surface area contributed by atoms with Gasteiger partial charge in [-0.15, -0.1) is 11.3 Å². The maximum absolute atomic E-state index is 13.4. The fourth-order valence-electron chi connectivity index (χ4n) is 1.63. The van der Waals surface area contributed by atoms with Crippen LogP contribution in [0.3, 0.4) is 0 Å². The van der Waals surface area contributed by atoms with Crippen molar-refractivity contribution in [1.82, 2.24) is 4.98 Å². The lowest BCUT2D eigenvalue weighted by atomic mass is 10.2. The van der Waals surface area contributed by atoms with E-state index in [4.69, 9.17) is 0 Å². The zero-order valence-electron chi connectivity index (χ0n) is 11.3. The summed E-state index contributed by atoms with van der Waals surface area (Å²) in [6.07, 6.45) is 1.65. The van der Waals surface area contributed by atoms with Gasteiger partial charge in [-0.25, -0.2) is 9.37 Å². The summed E-state index contributed by atoms with van der Waals surface area (Å²) >= 11 is 4.84. The lowest BCUT2D eigenvalue weighted by molar-refractivity contribution is 0.626. The molecular formula is C13H14BrFN4S. The number of hydrazone groups is 1. The number of thiazole rings is 1. The van der Waals surface area contributed by atoms with Gasteiger partial charge >= 0.3 is 0 Å². The number of halogens is 2. The van der Waals surface area contributed by atoms with Gasteiger partial charge in [0, 0.05) is 35.2 Å². The Hall–Kier alpha value is -1.47. The van der Waals surface area contributed by atoms with Gasteiger partial charge in [-0.3, -0.25) is 5.43 Å². The Bertz CT molecular complexity index is 639. The average molecular weight is 357 g/mol. The summed E-state index contributed by atoms with van der Waals surface area (Å²) in [5.41, 5.74) is 5.37. The first-order chi connectivity index (χ1) is 9.47. The molecule has 4 nitrogen and oxygen atoms in total. The van der Waals surface area contributed by atoms with Crippen molar-refractivity contribution in [3.05, 3.63) is 39.1 Å². The molecule has 0 aliphatic heterocycles. The third-order valence-corrected chi connectivity index (χ3v) is 4.05. The van der Waals surface area contributed by atoms with Gasteiger partial charge < -0.3 is 4.90 Å². The number of nitrogens with one attached hydrogen (secondary N) is 1. The molecule has 0 unspecified atom stereocenters. The molecule has 0 saturated carbocycles. The minimum Gasteiger partial charge on any atom is -0.377 e. The van der Waals surface area contributed by atoms with E-state index in [1.165, 1.54) is 23.5 Å². The number of anilines is 2. The maximum atomic E-state index is 13.4. The molecular weight excluding hydrogens is 343 g/mol. The minimum absolute atomic E-state index is 0.291. The Balaban J connectivity index is 2.24. The van der Waals surface area contributed by atoms with E-state index in [-0.39, 0.29) is 5.82 Å². The second-order valence-corrected chi connectivity index (χ2v) is 6.09.